The van der Waals surface area contributed by atoms with Gasteiger partial charge in [-0.05, 0) is 55.0 Å². The highest BCUT2D eigenvalue weighted by Crippen LogP contribution is 2.32. The summed E-state index contributed by atoms with van der Waals surface area (Å²) in [5, 5.41) is 11.7. The van der Waals surface area contributed by atoms with Crippen LogP contribution >= 0.6 is 0 Å². The lowest BCUT2D eigenvalue weighted by Gasteiger charge is -2.08. The summed E-state index contributed by atoms with van der Waals surface area (Å²) in [6.45, 7) is 1.58. The van der Waals surface area contributed by atoms with Gasteiger partial charge in [-0.2, -0.15) is 13.2 Å². The fraction of sp³-hybridized carbons (Fsp3) is 0.0909. The number of hydrogen-bond donors (Lipinski definition) is 2. The highest BCUT2D eigenvalue weighted by molar-refractivity contribution is 6.03. The molecule has 0 saturated carbocycles. The van der Waals surface area contributed by atoms with Gasteiger partial charge in [0.2, 0.25) is 5.91 Å². The molecule has 0 saturated heterocycles. The number of carboxylic acids is 1. The van der Waals surface area contributed by atoms with Crippen LogP contribution in [0.15, 0.2) is 65.1 Å². The van der Waals surface area contributed by atoms with E-state index in [-0.39, 0.29) is 22.6 Å². The van der Waals surface area contributed by atoms with E-state index in [9.17, 15) is 22.8 Å². The number of nitrogens with one attached hydrogen (secondary N) is 1. The van der Waals surface area contributed by atoms with E-state index in [0.717, 1.165) is 12.1 Å². The smallest absolute Gasteiger partial charge is 0.416 e. The Morgan fingerprint density at radius 3 is 2.50 bits per heavy atom. The molecule has 5 nitrogen and oxygen atoms in total. The maximum atomic E-state index is 12.9. The minimum atomic E-state index is -4.46. The zero-order chi connectivity index (χ0) is 21.9. The summed E-state index contributed by atoms with van der Waals surface area (Å²) in [6.07, 6.45) is -1.91. The molecule has 2 N–H and O–H groups in total. The van der Waals surface area contributed by atoms with Crippen LogP contribution in [-0.4, -0.2) is 17.0 Å². The topological polar surface area (TPSA) is 79.5 Å². The molecule has 30 heavy (non-hydrogen) atoms. The average molecular weight is 415 g/mol. The van der Waals surface area contributed by atoms with Crippen molar-refractivity contribution in [1.29, 1.82) is 0 Å². The summed E-state index contributed by atoms with van der Waals surface area (Å²) in [6, 6.07) is 12.3. The van der Waals surface area contributed by atoms with Crippen molar-refractivity contribution >= 4 is 23.6 Å². The molecule has 0 atom stereocenters. The van der Waals surface area contributed by atoms with Gasteiger partial charge in [-0.1, -0.05) is 18.2 Å². The standard InChI is InChI=1S/C22H16F3NO4/c1-13-17(21(28)29)6-3-7-18(13)26-20(27)11-9-16-8-10-19(30-16)14-4-2-5-15(12-14)22(23,24)25/h2-12H,1H3,(H,26,27)(H,28,29)/b11-9+. The van der Waals surface area contributed by atoms with E-state index in [4.69, 9.17) is 9.52 Å². The third-order valence-electron chi connectivity index (χ3n) is 4.32. The number of benzene rings is 2. The van der Waals surface area contributed by atoms with Crippen LogP contribution in [0.1, 0.15) is 27.2 Å². The molecule has 0 radical (unpaired) electrons. The second-order valence-corrected chi connectivity index (χ2v) is 6.39. The Balaban J connectivity index is 1.73. The Labute approximate surface area is 169 Å². The van der Waals surface area contributed by atoms with Crippen molar-refractivity contribution in [3.8, 4) is 11.3 Å². The lowest BCUT2D eigenvalue weighted by atomic mass is 10.1. The molecule has 1 heterocycles. The first-order valence-electron chi connectivity index (χ1n) is 8.74. The maximum absolute atomic E-state index is 12.9. The predicted octanol–water partition coefficient (Wildman–Crippen LogP) is 5.62. The van der Waals surface area contributed by atoms with Gasteiger partial charge in [-0.15, -0.1) is 0 Å². The molecule has 0 aliphatic rings. The van der Waals surface area contributed by atoms with Gasteiger partial charge in [0.05, 0.1) is 11.1 Å². The fourth-order valence-corrected chi connectivity index (χ4v) is 2.78. The number of alkyl halides is 3. The number of carboxylic acid groups (broad SMARTS) is 1. The first-order chi connectivity index (χ1) is 14.1. The minimum absolute atomic E-state index is 0.0774. The molecule has 0 unspecified atom stereocenters. The van der Waals surface area contributed by atoms with Gasteiger partial charge in [0.15, 0.2) is 0 Å². The van der Waals surface area contributed by atoms with Gasteiger partial charge in [-0.25, -0.2) is 4.79 Å². The molecule has 0 spiro atoms. The van der Waals surface area contributed by atoms with Gasteiger partial charge in [-0.3, -0.25) is 4.79 Å². The number of furan rings is 1. The van der Waals surface area contributed by atoms with Crippen LogP contribution in [0, 0.1) is 6.92 Å². The summed E-state index contributed by atoms with van der Waals surface area (Å²) >= 11 is 0. The van der Waals surface area contributed by atoms with Crippen molar-refractivity contribution in [2.45, 2.75) is 13.1 Å². The van der Waals surface area contributed by atoms with Gasteiger partial charge in [0, 0.05) is 17.3 Å². The van der Waals surface area contributed by atoms with Gasteiger partial charge < -0.3 is 14.8 Å². The summed E-state index contributed by atoms with van der Waals surface area (Å²) < 4.78 is 44.1. The van der Waals surface area contributed by atoms with Crippen molar-refractivity contribution < 1.29 is 32.3 Å². The van der Waals surface area contributed by atoms with E-state index < -0.39 is 23.6 Å². The molecule has 2 aromatic carbocycles. The SMILES string of the molecule is Cc1c(NC(=O)/C=C/c2ccc(-c3cccc(C(F)(F)F)c3)o2)cccc1C(=O)O. The first-order valence-corrected chi connectivity index (χ1v) is 8.74. The molecular formula is C22H16F3NO4. The summed E-state index contributed by atoms with van der Waals surface area (Å²) in [4.78, 5) is 23.3. The van der Waals surface area contributed by atoms with E-state index in [0.29, 0.717) is 11.3 Å². The molecular weight excluding hydrogens is 399 g/mol. The number of amides is 1. The lowest BCUT2D eigenvalue weighted by Crippen LogP contribution is -2.11. The Morgan fingerprint density at radius 1 is 1.07 bits per heavy atom. The highest BCUT2D eigenvalue weighted by atomic mass is 19.4. The summed E-state index contributed by atoms with van der Waals surface area (Å²) in [7, 11) is 0. The number of carbonyl (C=O) groups is 2. The molecule has 0 aliphatic carbocycles. The van der Waals surface area contributed by atoms with Crippen LogP contribution in [0.25, 0.3) is 17.4 Å². The summed E-state index contributed by atoms with van der Waals surface area (Å²) in [5.74, 6) is -1.12. The van der Waals surface area contributed by atoms with Crippen LogP contribution in [0.5, 0.6) is 0 Å². The summed E-state index contributed by atoms with van der Waals surface area (Å²) in [5.41, 5.74) is 0.320. The Bertz CT molecular complexity index is 1130. The van der Waals surface area contributed by atoms with E-state index in [1.165, 1.54) is 48.6 Å². The third kappa shape index (κ3) is 4.78. The zero-order valence-corrected chi connectivity index (χ0v) is 15.7. The highest BCUT2D eigenvalue weighted by Gasteiger charge is 2.30. The van der Waals surface area contributed by atoms with Crippen molar-refractivity contribution in [2.24, 2.45) is 0 Å². The molecule has 1 amide bonds. The van der Waals surface area contributed by atoms with E-state index >= 15 is 0 Å². The van der Waals surface area contributed by atoms with Crippen LogP contribution in [0.4, 0.5) is 18.9 Å². The number of rotatable bonds is 5. The predicted molar refractivity (Wildman–Crippen MR) is 105 cm³/mol. The number of halogens is 3. The van der Waals surface area contributed by atoms with Gasteiger partial charge in [0.1, 0.15) is 11.5 Å². The second-order valence-electron chi connectivity index (χ2n) is 6.39. The molecule has 8 heteroatoms. The average Bonchev–Trinajstić information content (AvgIpc) is 3.16. The molecule has 0 aliphatic heterocycles. The largest absolute Gasteiger partial charge is 0.478 e. The van der Waals surface area contributed by atoms with Gasteiger partial charge >= 0.3 is 12.1 Å². The van der Waals surface area contributed by atoms with E-state index in [1.807, 2.05) is 0 Å². The Hall–Kier alpha value is -3.81. The first kappa shape index (κ1) is 20.9. The van der Waals surface area contributed by atoms with Crippen LogP contribution in [0.2, 0.25) is 0 Å². The Kier molecular flexibility index (Phi) is 5.77. The van der Waals surface area contributed by atoms with Crippen molar-refractivity contribution in [1.82, 2.24) is 0 Å². The molecule has 154 valence electrons. The fourth-order valence-electron chi connectivity index (χ4n) is 2.78. The number of hydrogen-bond acceptors (Lipinski definition) is 3. The quantitative estimate of drug-likeness (QED) is 0.530. The second kappa shape index (κ2) is 8.28. The minimum Gasteiger partial charge on any atom is -0.478 e. The molecule has 0 fully saturated rings. The van der Waals surface area contributed by atoms with Crippen molar-refractivity contribution in [3.05, 3.63) is 83.1 Å². The maximum Gasteiger partial charge on any atom is 0.416 e. The van der Waals surface area contributed by atoms with Crippen molar-refractivity contribution in [2.75, 3.05) is 5.32 Å². The zero-order valence-electron chi connectivity index (χ0n) is 15.7. The van der Waals surface area contributed by atoms with E-state index in [1.54, 1.807) is 13.0 Å². The Morgan fingerprint density at radius 2 is 1.80 bits per heavy atom. The monoisotopic (exact) mass is 415 g/mol. The molecule has 3 aromatic rings. The number of carbonyl (C=O) groups excluding carboxylic acids is 1. The number of anilines is 1. The molecule has 3 rings (SSSR count). The molecule has 1 aromatic heterocycles. The molecule has 0 bridgehead atoms. The lowest BCUT2D eigenvalue weighted by molar-refractivity contribution is -0.137. The van der Waals surface area contributed by atoms with Crippen LogP contribution in [-0.2, 0) is 11.0 Å². The van der Waals surface area contributed by atoms with Crippen molar-refractivity contribution in [3.63, 3.8) is 0 Å². The third-order valence-corrected chi connectivity index (χ3v) is 4.32. The number of aromatic carboxylic acids is 1. The van der Waals surface area contributed by atoms with Crippen LogP contribution < -0.4 is 5.32 Å². The van der Waals surface area contributed by atoms with Gasteiger partial charge in [0.25, 0.3) is 0 Å². The van der Waals surface area contributed by atoms with Crippen LogP contribution in [0.3, 0.4) is 0 Å². The normalized spacial score (nSPS) is 11.6. The van der Waals surface area contributed by atoms with E-state index in [2.05, 4.69) is 5.32 Å².